The molecule has 0 atom stereocenters. The van der Waals surface area contributed by atoms with Gasteiger partial charge in [-0.3, -0.25) is 4.79 Å². The van der Waals surface area contributed by atoms with Gasteiger partial charge < -0.3 is 9.73 Å². The van der Waals surface area contributed by atoms with Crippen LogP contribution < -0.4 is 5.32 Å². The Balaban J connectivity index is 2.18. The lowest BCUT2D eigenvalue weighted by Crippen LogP contribution is -2.12. The third-order valence-electron chi connectivity index (χ3n) is 2.04. The van der Waals surface area contributed by atoms with Crippen molar-refractivity contribution < 1.29 is 9.21 Å². The predicted molar refractivity (Wildman–Crippen MR) is 63.3 cm³/mol. The minimum atomic E-state index is -0.293. The fourth-order valence-corrected chi connectivity index (χ4v) is 1.82. The summed E-state index contributed by atoms with van der Waals surface area (Å²) in [7, 11) is 0. The average molecular weight is 281 g/mol. The summed E-state index contributed by atoms with van der Waals surface area (Å²) in [6.45, 7) is 1.98. The standard InChI is InChI=1S/C11H9BrN2O2/c1-7-2-3-9(8(12)4-7)14-11(15)10-5-16-6-13-10/h2-6H,1H3,(H,14,15). The fourth-order valence-electron chi connectivity index (χ4n) is 1.23. The number of hydrogen-bond donors (Lipinski definition) is 1. The Hall–Kier alpha value is -1.62. The summed E-state index contributed by atoms with van der Waals surface area (Å²) in [5.41, 5.74) is 2.08. The highest BCUT2D eigenvalue weighted by atomic mass is 79.9. The van der Waals surface area contributed by atoms with Gasteiger partial charge >= 0.3 is 0 Å². The van der Waals surface area contributed by atoms with Crippen LogP contribution in [0.5, 0.6) is 0 Å². The normalized spacial score (nSPS) is 10.1. The molecule has 0 aliphatic carbocycles. The first-order valence-electron chi connectivity index (χ1n) is 4.62. The first-order valence-corrected chi connectivity index (χ1v) is 5.42. The Morgan fingerprint density at radius 3 is 2.94 bits per heavy atom. The van der Waals surface area contributed by atoms with E-state index in [1.165, 1.54) is 12.7 Å². The van der Waals surface area contributed by atoms with Crippen molar-refractivity contribution in [1.29, 1.82) is 0 Å². The van der Waals surface area contributed by atoms with Gasteiger partial charge in [-0.1, -0.05) is 6.07 Å². The highest BCUT2D eigenvalue weighted by molar-refractivity contribution is 9.10. The van der Waals surface area contributed by atoms with E-state index in [0.29, 0.717) is 5.69 Å². The van der Waals surface area contributed by atoms with Gasteiger partial charge in [-0.15, -0.1) is 0 Å². The summed E-state index contributed by atoms with van der Waals surface area (Å²) in [5.74, 6) is -0.293. The second-order valence-corrected chi connectivity index (χ2v) is 4.17. The van der Waals surface area contributed by atoms with Gasteiger partial charge in [-0.25, -0.2) is 4.98 Å². The Labute approximate surface area is 101 Å². The molecule has 1 amide bonds. The molecule has 0 radical (unpaired) electrons. The van der Waals surface area contributed by atoms with Crippen LogP contribution in [0.2, 0.25) is 0 Å². The maximum absolute atomic E-state index is 11.7. The monoisotopic (exact) mass is 280 g/mol. The second kappa shape index (κ2) is 4.49. The highest BCUT2D eigenvalue weighted by Crippen LogP contribution is 2.23. The van der Waals surface area contributed by atoms with E-state index in [9.17, 15) is 4.79 Å². The van der Waals surface area contributed by atoms with Crippen molar-refractivity contribution >= 4 is 27.5 Å². The smallest absolute Gasteiger partial charge is 0.277 e. The number of hydrogen-bond acceptors (Lipinski definition) is 3. The van der Waals surface area contributed by atoms with Crippen LogP contribution in [0.1, 0.15) is 16.1 Å². The zero-order valence-corrected chi connectivity index (χ0v) is 10.1. The van der Waals surface area contributed by atoms with Crippen molar-refractivity contribution in [2.24, 2.45) is 0 Å². The summed E-state index contributed by atoms with van der Waals surface area (Å²) in [5, 5.41) is 2.73. The number of carbonyl (C=O) groups excluding carboxylic acids is 1. The van der Waals surface area contributed by atoms with E-state index in [0.717, 1.165) is 10.0 Å². The van der Waals surface area contributed by atoms with Crippen LogP contribution in [0.3, 0.4) is 0 Å². The molecular formula is C11H9BrN2O2. The SMILES string of the molecule is Cc1ccc(NC(=O)c2cocn2)c(Br)c1. The van der Waals surface area contributed by atoms with E-state index in [1.807, 2.05) is 25.1 Å². The molecule has 2 rings (SSSR count). The number of aromatic nitrogens is 1. The van der Waals surface area contributed by atoms with Gasteiger partial charge in [0.2, 0.25) is 0 Å². The topological polar surface area (TPSA) is 55.1 Å². The lowest BCUT2D eigenvalue weighted by atomic mass is 10.2. The van der Waals surface area contributed by atoms with Crippen molar-refractivity contribution in [3.05, 3.63) is 46.6 Å². The first-order chi connectivity index (χ1) is 7.66. The molecule has 5 heteroatoms. The van der Waals surface area contributed by atoms with E-state index >= 15 is 0 Å². The summed E-state index contributed by atoms with van der Waals surface area (Å²) < 4.78 is 5.58. The Bertz CT molecular complexity index is 509. The molecule has 4 nitrogen and oxygen atoms in total. The average Bonchev–Trinajstić information content (AvgIpc) is 2.75. The number of oxazole rings is 1. The minimum Gasteiger partial charge on any atom is -0.451 e. The van der Waals surface area contributed by atoms with Gasteiger partial charge in [0, 0.05) is 4.47 Å². The van der Waals surface area contributed by atoms with Gasteiger partial charge in [-0.05, 0) is 40.5 Å². The minimum absolute atomic E-state index is 0.257. The predicted octanol–water partition coefficient (Wildman–Crippen LogP) is 3.00. The van der Waals surface area contributed by atoms with Gasteiger partial charge in [0.15, 0.2) is 12.1 Å². The molecule has 16 heavy (non-hydrogen) atoms. The number of nitrogens with one attached hydrogen (secondary N) is 1. The van der Waals surface area contributed by atoms with Crippen LogP contribution in [-0.4, -0.2) is 10.9 Å². The first kappa shape index (κ1) is 10.9. The molecule has 0 unspecified atom stereocenters. The number of benzene rings is 1. The molecule has 0 aliphatic heterocycles. The van der Waals surface area contributed by atoms with E-state index in [2.05, 4.69) is 26.2 Å². The Kier molecular flexibility index (Phi) is 3.05. The van der Waals surface area contributed by atoms with E-state index in [1.54, 1.807) is 0 Å². The summed E-state index contributed by atoms with van der Waals surface area (Å²) >= 11 is 3.38. The zero-order valence-electron chi connectivity index (χ0n) is 8.53. The second-order valence-electron chi connectivity index (χ2n) is 3.31. The molecule has 1 N–H and O–H groups in total. The van der Waals surface area contributed by atoms with Crippen LogP contribution in [0.25, 0.3) is 0 Å². The molecule has 1 aromatic heterocycles. The Morgan fingerprint density at radius 2 is 2.31 bits per heavy atom. The molecule has 0 saturated heterocycles. The lowest BCUT2D eigenvalue weighted by Gasteiger charge is -2.06. The van der Waals surface area contributed by atoms with E-state index < -0.39 is 0 Å². The molecule has 0 aliphatic rings. The maximum atomic E-state index is 11.7. The van der Waals surface area contributed by atoms with Crippen molar-refractivity contribution in [2.75, 3.05) is 5.32 Å². The van der Waals surface area contributed by atoms with Crippen molar-refractivity contribution in [2.45, 2.75) is 6.92 Å². The number of rotatable bonds is 2. The van der Waals surface area contributed by atoms with Crippen molar-refractivity contribution in [3.63, 3.8) is 0 Å². The van der Waals surface area contributed by atoms with Gasteiger partial charge in [0.05, 0.1) is 5.69 Å². The third-order valence-corrected chi connectivity index (χ3v) is 2.69. The maximum Gasteiger partial charge on any atom is 0.277 e. The zero-order chi connectivity index (χ0) is 11.5. The Morgan fingerprint density at radius 1 is 1.50 bits per heavy atom. The van der Waals surface area contributed by atoms with Crippen LogP contribution in [0.4, 0.5) is 5.69 Å². The number of nitrogens with zero attached hydrogens (tertiary/aromatic N) is 1. The number of halogens is 1. The van der Waals surface area contributed by atoms with Crippen molar-refractivity contribution in [1.82, 2.24) is 4.98 Å². The van der Waals surface area contributed by atoms with Crippen LogP contribution in [0, 0.1) is 6.92 Å². The van der Waals surface area contributed by atoms with E-state index in [-0.39, 0.29) is 11.6 Å². The lowest BCUT2D eigenvalue weighted by molar-refractivity contribution is 0.102. The van der Waals surface area contributed by atoms with Crippen LogP contribution >= 0.6 is 15.9 Å². The molecule has 2 aromatic rings. The third kappa shape index (κ3) is 2.30. The summed E-state index contributed by atoms with van der Waals surface area (Å²) in [4.78, 5) is 15.4. The molecule has 0 bridgehead atoms. The van der Waals surface area contributed by atoms with Crippen molar-refractivity contribution in [3.8, 4) is 0 Å². The molecule has 1 aromatic carbocycles. The summed E-state index contributed by atoms with van der Waals surface area (Å²) in [6, 6.07) is 5.68. The van der Waals surface area contributed by atoms with Gasteiger partial charge in [0.1, 0.15) is 6.26 Å². The molecule has 82 valence electrons. The molecular weight excluding hydrogens is 272 g/mol. The van der Waals surface area contributed by atoms with Gasteiger partial charge in [-0.2, -0.15) is 0 Å². The van der Waals surface area contributed by atoms with E-state index in [4.69, 9.17) is 4.42 Å². The largest absolute Gasteiger partial charge is 0.451 e. The quantitative estimate of drug-likeness (QED) is 0.920. The number of aryl methyl sites for hydroxylation is 1. The van der Waals surface area contributed by atoms with Crippen LogP contribution in [0.15, 0.2) is 39.7 Å². The number of anilines is 1. The molecule has 0 spiro atoms. The number of amides is 1. The summed E-state index contributed by atoms with van der Waals surface area (Å²) in [6.07, 6.45) is 2.52. The number of carbonyl (C=O) groups is 1. The van der Waals surface area contributed by atoms with Gasteiger partial charge in [0.25, 0.3) is 5.91 Å². The van der Waals surface area contributed by atoms with Crippen LogP contribution in [-0.2, 0) is 0 Å². The molecule has 0 saturated carbocycles. The highest BCUT2D eigenvalue weighted by Gasteiger charge is 2.10. The molecule has 0 fully saturated rings. The fraction of sp³-hybridized carbons (Fsp3) is 0.0909. The molecule has 1 heterocycles.